The second-order valence-electron chi connectivity index (χ2n) is 4.96. The Kier molecular flexibility index (Phi) is 3.44. The van der Waals surface area contributed by atoms with Crippen LogP contribution in [0.5, 0.6) is 0 Å². The molecule has 0 radical (unpaired) electrons. The van der Waals surface area contributed by atoms with Gasteiger partial charge in [0.15, 0.2) is 0 Å². The summed E-state index contributed by atoms with van der Waals surface area (Å²) in [5.41, 5.74) is 1.11. The molecule has 1 unspecified atom stereocenters. The molecule has 1 aromatic rings. The number of rotatable bonds is 3. The fourth-order valence-electron chi connectivity index (χ4n) is 2.31. The summed E-state index contributed by atoms with van der Waals surface area (Å²) in [4.78, 5) is 12.2. The zero-order chi connectivity index (χ0) is 11.5. The van der Waals surface area contributed by atoms with Gasteiger partial charge in [0.2, 0.25) is 0 Å². The molecular formula is C13H20N2O. The molecule has 0 aromatic carbocycles. The smallest absolute Gasteiger partial charge is 0.255 e. The summed E-state index contributed by atoms with van der Waals surface area (Å²) in [6, 6.07) is 4.22. The lowest BCUT2D eigenvalue weighted by Gasteiger charge is -2.14. The van der Waals surface area contributed by atoms with Crippen LogP contribution in [0.15, 0.2) is 23.1 Å². The molecule has 1 N–H and O–H groups in total. The van der Waals surface area contributed by atoms with Crippen LogP contribution in [0.25, 0.3) is 0 Å². The average Bonchev–Trinajstić information content (AvgIpc) is 2.73. The normalized spacial score (nSPS) is 20.6. The van der Waals surface area contributed by atoms with E-state index in [4.69, 9.17) is 0 Å². The number of pyridine rings is 1. The van der Waals surface area contributed by atoms with Gasteiger partial charge >= 0.3 is 0 Å². The molecule has 1 saturated heterocycles. The Morgan fingerprint density at radius 3 is 3.00 bits per heavy atom. The van der Waals surface area contributed by atoms with Gasteiger partial charge in [-0.15, -0.1) is 0 Å². The van der Waals surface area contributed by atoms with Crippen LogP contribution in [0, 0.1) is 5.92 Å². The first-order valence-electron chi connectivity index (χ1n) is 6.11. The molecule has 0 amide bonds. The third kappa shape index (κ3) is 2.35. The Bertz CT molecular complexity index is 403. The number of hydrogen-bond acceptors (Lipinski definition) is 2. The summed E-state index contributed by atoms with van der Waals surface area (Å²) in [5, 5.41) is 3.38. The lowest BCUT2D eigenvalue weighted by atomic mass is 10.1. The molecule has 1 aliphatic rings. The van der Waals surface area contributed by atoms with E-state index in [0.717, 1.165) is 25.1 Å². The highest BCUT2D eigenvalue weighted by Crippen LogP contribution is 2.19. The van der Waals surface area contributed by atoms with Gasteiger partial charge in [-0.2, -0.15) is 0 Å². The molecule has 16 heavy (non-hydrogen) atoms. The maximum atomic E-state index is 12.2. The minimum Gasteiger partial charge on any atom is -0.315 e. The van der Waals surface area contributed by atoms with E-state index in [1.807, 2.05) is 22.9 Å². The van der Waals surface area contributed by atoms with Crippen molar-refractivity contribution in [3.8, 4) is 0 Å². The highest BCUT2D eigenvalue weighted by atomic mass is 16.1. The van der Waals surface area contributed by atoms with Crippen LogP contribution >= 0.6 is 0 Å². The van der Waals surface area contributed by atoms with Gasteiger partial charge in [-0.1, -0.05) is 19.9 Å². The van der Waals surface area contributed by atoms with Crippen LogP contribution in [0.2, 0.25) is 0 Å². The highest BCUT2D eigenvalue weighted by Gasteiger charge is 2.19. The number of hydrogen-bond donors (Lipinski definition) is 1. The van der Waals surface area contributed by atoms with Gasteiger partial charge in [0.25, 0.3) is 5.56 Å². The Hall–Kier alpha value is -1.09. The van der Waals surface area contributed by atoms with Crippen molar-refractivity contribution in [2.24, 2.45) is 5.92 Å². The van der Waals surface area contributed by atoms with E-state index in [9.17, 15) is 4.79 Å². The molecular weight excluding hydrogens is 200 g/mol. The molecule has 1 aliphatic heterocycles. The van der Waals surface area contributed by atoms with Crippen molar-refractivity contribution in [2.75, 3.05) is 6.54 Å². The third-order valence-electron chi connectivity index (χ3n) is 3.05. The van der Waals surface area contributed by atoms with Crippen molar-refractivity contribution in [1.82, 2.24) is 9.88 Å². The van der Waals surface area contributed by atoms with E-state index in [-0.39, 0.29) is 11.6 Å². The van der Waals surface area contributed by atoms with E-state index in [1.54, 1.807) is 0 Å². The van der Waals surface area contributed by atoms with Gasteiger partial charge in [-0.25, -0.2) is 0 Å². The number of nitrogens with zero attached hydrogens (tertiary/aromatic N) is 1. The molecule has 3 heteroatoms. The zero-order valence-electron chi connectivity index (χ0n) is 10.1. The largest absolute Gasteiger partial charge is 0.315 e. The van der Waals surface area contributed by atoms with Gasteiger partial charge in [0, 0.05) is 24.3 Å². The van der Waals surface area contributed by atoms with Gasteiger partial charge in [-0.05, 0) is 31.4 Å². The Morgan fingerprint density at radius 2 is 2.38 bits per heavy atom. The summed E-state index contributed by atoms with van der Waals surface area (Å²) in [6.45, 7) is 6.10. The molecule has 1 atom stereocenters. The fourth-order valence-corrected chi connectivity index (χ4v) is 2.31. The van der Waals surface area contributed by atoms with Crippen molar-refractivity contribution < 1.29 is 0 Å². The second kappa shape index (κ2) is 4.83. The maximum absolute atomic E-state index is 12.2. The molecule has 1 aromatic heterocycles. The van der Waals surface area contributed by atoms with E-state index in [1.165, 1.54) is 6.42 Å². The SMILES string of the molecule is CC(C)Cn1cccc(C2CCCN2)c1=O. The molecule has 1 fully saturated rings. The minimum atomic E-state index is 0.176. The average molecular weight is 220 g/mol. The van der Waals surface area contributed by atoms with Gasteiger partial charge in [0.1, 0.15) is 0 Å². The summed E-state index contributed by atoms with van der Waals surface area (Å²) in [5.74, 6) is 0.504. The molecule has 3 nitrogen and oxygen atoms in total. The molecule has 0 spiro atoms. The Balaban J connectivity index is 2.28. The highest BCUT2D eigenvalue weighted by molar-refractivity contribution is 5.16. The molecule has 88 valence electrons. The van der Waals surface area contributed by atoms with Crippen molar-refractivity contribution in [2.45, 2.75) is 39.3 Å². The van der Waals surface area contributed by atoms with Gasteiger partial charge in [0.05, 0.1) is 0 Å². The Morgan fingerprint density at radius 1 is 1.56 bits per heavy atom. The lowest BCUT2D eigenvalue weighted by molar-refractivity contribution is 0.502. The monoisotopic (exact) mass is 220 g/mol. The summed E-state index contributed by atoms with van der Waals surface area (Å²) in [6.07, 6.45) is 4.14. The van der Waals surface area contributed by atoms with E-state index in [2.05, 4.69) is 19.2 Å². The molecule has 0 aliphatic carbocycles. The summed E-state index contributed by atoms with van der Waals surface area (Å²) >= 11 is 0. The standard InChI is InChI=1S/C13H20N2O/c1-10(2)9-15-8-4-5-11(13(15)16)12-6-3-7-14-12/h4-5,8,10,12,14H,3,6-7,9H2,1-2H3. The topological polar surface area (TPSA) is 34.0 Å². The predicted octanol–water partition coefficient (Wildman–Crippen LogP) is 1.93. The van der Waals surface area contributed by atoms with Crippen molar-refractivity contribution in [3.63, 3.8) is 0 Å². The van der Waals surface area contributed by atoms with Crippen LogP contribution in [0.1, 0.15) is 38.3 Å². The Labute approximate surface area is 96.5 Å². The first-order valence-corrected chi connectivity index (χ1v) is 6.11. The first-order chi connectivity index (χ1) is 7.68. The summed E-state index contributed by atoms with van der Waals surface area (Å²) < 4.78 is 1.83. The molecule has 0 saturated carbocycles. The quantitative estimate of drug-likeness (QED) is 0.844. The van der Waals surface area contributed by atoms with Crippen LogP contribution in [0.4, 0.5) is 0 Å². The predicted molar refractivity (Wildman–Crippen MR) is 65.5 cm³/mol. The minimum absolute atomic E-state index is 0.176. The van der Waals surface area contributed by atoms with Crippen LogP contribution in [-0.2, 0) is 6.54 Å². The van der Waals surface area contributed by atoms with Crippen molar-refractivity contribution in [1.29, 1.82) is 0 Å². The second-order valence-corrected chi connectivity index (χ2v) is 4.96. The number of nitrogens with one attached hydrogen (secondary N) is 1. The lowest BCUT2D eigenvalue weighted by Crippen LogP contribution is -2.29. The molecule has 2 heterocycles. The van der Waals surface area contributed by atoms with E-state index in [0.29, 0.717) is 5.92 Å². The summed E-state index contributed by atoms with van der Waals surface area (Å²) in [7, 11) is 0. The van der Waals surface area contributed by atoms with Crippen molar-refractivity contribution in [3.05, 3.63) is 34.2 Å². The molecule has 2 rings (SSSR count). The van der Waals surface area contributed by atoms with E-state index < -0.39 is 0 Å². The van der Waals surface area contributed by atoms with Crippen molar-refractivity contribution >= 4 is 0 Å². The zero-order valence-corrected chi connectivity index (χ0v) is 10.1. The van der Waals surface area contributed by atoms with Crippen LogP contribution in [0.3, 0.4) is 0 Å². The maximum Gasteiger partial charge on any atom is 0.255 e. The van der Waals surface area contributed by atoms with E-state index >= 15 is 0 Å². The first kappa shape index (κ1) is 11.4. The fraction of sp³-hybridized carbons (Fsp3) is 0.615. The third-order valence-corrected chi connectivity index (χ3v) is 3.05. The molecule has 0 bridgehead atoms. The van der Waals surface area contributed by atoms with Crippen LogP contribution in [-0.4, -0.2) is 11.1 Å². The number of aromatic nitrogens is 1. The van der Waals surface area contributed by atoms with Crippen LogP contribution < -0.4 is 10.9 Å². The van der Waals surface area contributed by atoms with Gasteiger partial charge < -0.3 is 9.88 Å². The van der Waals surface area contributed by atoms with Gasteiger partial charge in [-0.3, -0.25) is 4.79 Å².